The summed E-state index contributed by atoms with van der Waals surface area (Å²) in [5.74, 6) is -1.95. The van der Waals surface area contributed by atoms with Crippen LogP contribution in [0.25, 0.3) is 0 Å². The molecule has 0 unspecified atom stereocenters. The van der Waals surface area contributed by atoms with Crippen LogP contribution in [0.3, 0.4) is 0 Å². The van der Waals surface area contributed by atoms with E-state index in [0.29, 0.717) is 0 Å². The van der Waals surface area contributed by atoms with Gasteiger partial charge in [-0.3, -0.25) is 4.79 Å². The van der Waals surface area contributed by atoms with E-state index in [1.165, 1.54) is 18.2 Å². The number of hydrogen-bond donors (Lipinski definition) is 1. The van der Waals surface area contributed by atoms with Crippen LogP contribution in [0.1, 0.15) is 6.92 Å². The van der Waals surface area contributed by atoms with Crippen molar-refractivity contribution in [3.05, 3.63) is 28.2 Å². The van der Waals surface area contributed by atoms with Gasteiger partial charge in [-0.2, -0.15) is 4.31 Å². The Morgan fingerprint density at radius 2 is 2.00 bits per heavy atom. The lowest BCUT2D eigenvalue weighted by Gasteiger charge is -2.17. The Hall–Kier alpha value is -0.820. The van der Waals surface area contributed by atoms with E-state index < -0.39 is 21.9 Å². The molecule has 0 bridgehead atoms. The van der Waals surface area contributed by atoms with Crippen LogP contribution >= 0.6 is 23.2 Å². The minimum absolute atomic E-state index is 0.0539. The van der Waals surface area contributed by atoms with Crippen LogP contribution in [0.15, 0.2) is 23.1 Å². The van der Waals surface area contributed by atoms with E-state index in [1.54, 1.807) is 6.92 Å². The number of carboxylic acid groups (broad SMARTS) is 1. The van der Waals surface area contributed by atoms with Crippen molar-refractivity contribution in [1.29, 1.82) is 0 Å². The van der Waals surface area contributed by atoms with E-state index in [-0.39, 0.29) is 33.9 Å². The van der Waals surface area contributed by atoms with Gasteiger partial charge in [0, 0.05) is 18.1 Å². The summed E-state index contributed by atoms with van der Waals surface area (Å²) in [5.41, 5.74) is 0. The number of carbonyl (C=O) groups is 1. The minimum Gasteiger partial charge on any atom is -0.481 e. The van der Waals surface area contributed by atoms with Gasteiger partial charge in [-0.05, 0) is 24.1 Å². The fraction of sp³-hybridized carbons (Fsp3) is 0.417. The molecule has 2 atom stereocenters. The second kappa shape index (κ2) is 5.52. The highest BCUT2D eigenvalue weighted by Crippen LogP contribution is 2.32. The van der Waals surface area contributed by atoms with Crippen molar-refractivity contribution in [3.8, 4) is 0 Å². The number of nitrogens with zero attached hydrogens (tertiary/aromatic N) is 1. The van der Waals surface area contributed by atoms with Crippen LogP contribution in [0.4, 0.5) is 0 Å². The summed E-state index contributed by atoms with van der Waals surface area (Å²) in [7, 11) is -3.84. The normalized spacial score (nSPS) is 23.9. The number of halogens is 2. The molecule has 1 aromatic carbocycles. The van der Waals surface area contributed by atoms with Crippen molar-refractivity contribution < 1.29 is 18.3 Å². The number of benzene rings is 1. The number of rotatable bonds is 3. The molecule has 1 fully saturated rings. The van der Waals surface area contributed by atoms with Gasteiger partial charge >= 0.3 is 5.97 Å². The van der Waals surface area contributed by atoms with Crippen molar-refractivity contribution in [1.82, 2.24) is 4.31 Å². The Balaban J connectivity index is 2.37. The predicted octanol–water partition coefficient (Wildman–Crippen LogP) is 2.33. The number of hydrogen-bond acceptors (Lipinski definition) is 3. The van der Waals surface area contributed by atoms with Crippen molar-refractivity contribution in [3.63, 3.8) is 0 Å². The van der Waals surface area contributed by atoms with Gasteiger partial charge in [-0.25, -0.2) is 8.42 Å². The molecular weight excluding hydrogens is 325 g/mol. The summed E-state index contributed by atoms with van der Waals surface area (Å²) in [6, 6.07) is 4.18. The highest BCUT2D eigenvalue weighted by Gasteiger charge is 2.41. The third-order valence-corrected chi connectivity index (χ3v) is 5.96. The fourth-order valence-electron chi connectivity index (χ4n) is 2.25. The topological polar surface area (TPSA) is 74.7 Å². The van der Waals surface area contributed by atoms with E-state index in [2.05, 4.69) is 0 Å². The minimum atomic E-state index is -3.84. The summed E-state index contributed by atoms with van der Waals surface area (Å²) < 4.78 is 26.2. The Labute approximate surface area is 127 Å². The number of aliphatic carboxylic acids is 1. The zero-order chi connectivity index (χ0) is 15.1. The third kappa shape index (κ3) is 2.79. The molecule has 1 aliphatic rings. The van der Waals surface area contributed by atoms with E-state index in [4.69, 9.17) is 28.3 Å². The maximum Gasteiger partial charge on any atom is 0.308 e. The van der Waals surface area contributed by atoms with Crippen LogP contribution in [0.2, 0.25) is 10.0 Å². The predicted molar refractivity (Wildman–Crippen MR) is 75.5 cm³/mol. The summed E-state index contributed by atoms with van der Waals surface area (Å²) in [5, 5.41) is 9.40. The molecule has 20 heavy (non-hydrogen) atoms. The largest absolute Gasteiger partial charge is 0.481 e. The van der Waals surface area contributed by atoms with Gasteiger partial charge in [-0.1, -0.05) is 30.1 Å². The van der Waals surface area contributed by atoms with Gasteiger partial charge in [0.1, 0.15) is 4.90 Å². The summed E-state index contributed by atoms with van der Waals surface area (Å²) in [6.07, 6.45) is 0. The Bertz CT molecular complexity index is 647. The standard InChI is InChI=1S/C12H13Cl2NO4S/c1-7-5-15(6-9(7)12(16)17)20(18,19)11-4-8(13)2-3-10(11)14/h2-4,7,9H,5-6H2,1H3,(H,16,17)/t7-,9-/m1/s1. The highest BCUT2D eigenvalue weighted by atomic mass is 35.5. The molecule has 1 saturated heterocycles. The van der Waals surface area contributed by atoms with E-state index in [0.717, 1.165) is 4.31 Å². The second-order valence-corrected chi connectivity index (χ2v) is 7.57. The monoisotopic (exact) mass is 337 g/mol. The lowest BCUT2D eigenvalue weighted by molar-refractivity contribution is -0.142. The first-order valence-corrected chi connectivity index (χ1v) is 8.11. The zero-order valence-corrected chi connectivity index (χ0v) is 12.9. The molecule has 2 rings (SSSR count). The average molecular weight is 338 g/mol. The quantitative estimate of drug-likeness (QED) is 0.918. The molecule has 1 aliphatic heterocycles. The van der Waals surface area contributed by atoms with Crippen molar-refractivity contribution >= 4 is 39.2 Å². The molecule has 8 heteroatoms. The molecule has 110 valence electrons. The first kappa shape index (κ1) is 15.6. The van der Waals surface area contributed by atoms with Gasteiger partial charge in [0.05, 0.1) is 10.9 Å². The second-order valence-electron chi connectivity index (χ2n) is 4.82. The lowest BCUT2D eigenvalue weighted by atomic mass is 9.99. The molecule has 0 saturated carbocycles. The number of sulfonamides is 1. The van der Waals surface area contributed by atoms with Gasteiger partial charge in [-0.15, -0.1) is 0 Å². The molecule has 1 N–H and O–H groups in total. The maximum absolute atomic E-state index is 12.5. The first-order valence-electron chi connectivity index (χ1n) is 5.91. The van der Waals surface area contributed by atoms with Crippen molar-refractivity contribution in [2.45, 2.75) is 11.8 Å². The Kier molecular flexibility index (Phi) is 4.30. The van der Waals surface area contributed by atoms with Gasteiger partial charge < -0.3 is 5.11 Å². The molecule has 5 nitrogen and oxygen atoms in total. The van der Waals surface area contributed by atoms with Crippen LogP contribution in [0.5, 0.6) is 0 Å². The molecule has 0 aromatic heterocycles. The van der Waals surface area contributed by atoms with Gasteiger partial charge in [0.15, 0.2) is 0 Å². The van der Waals surface area contributed by atoms with Crippen LogP contribution in [-0.2, 0) is 14.8 Å². The molecule has 1 aromatic rings. The molecule has 0 radical (unpaired) electrons. The molecular formula is C12H13Cl2NO4S. The van der Waals surface area contributed by atoms with Crippen LogP contribution in [0, 0.1) is 11.8 Å². The van der Waals surface area contributed by atoms with Crippen LogP contribution < -0.4 is 0 Å². The van der Waals surface area contributed by atoms with Gasteiger partial charge in [0.2, 0.25) is 10.0 Å². The number of carboxylic acids is 1. The fourth-order valence-corrected chi connectivity index (χ4v) is 4.56. The first-order chi connectivity index (χ1) is 9.23. The molecule has 0 aliphatic carbocycles. The van der Waals surface area contributed by atoms with E-state index in [1.807, 2.05) is 0 Å². The SMILES string of the molecule is C[C@@H]1CN(S(=O)(=O)c2cc(Cl)ccc2Cl)C[C@H]1C(=O)O. The highest BCUT2D eigenvalue weighted by molar-refractivity contribution is 7.89. The molecule has 1 heterocycles. The lowest BCUT2D eigenvalue weighted by Crippen LogP contribution is -2.30. The summed E-state index contributed by atoms with van der Waals surface area (Å²) in [4.78, 5) is 11.0. The molecule has 0 amide bonds. The molecule has 0 spiro atoms. The summed E-state index contributed by atoms with van der Waals surface area (Å²) in [6.45, 7) is 1.82. The van der Waals surface area contributed by atoms with Gasteiger partial charge in [0.25, 0.3) is 0 Å². The Morgan fingerprint density at radius 1 is 1.35 bits per heavy atom. The maximum atomic E-state index is 12.5. The van der Waals surface area contributed by atoms with E-state index >= 15 is 0 Å². The third-order valence-electron chi connectivity index (χ3n) is 3.41. The Morgan fingerprint density at radius 3 is 2.55 bits per heavy atom. The smallest absolute Gasteiger partial charge is 0.308 e. The zero-order valence-electron chi connectivity index (χ0n) is 10.6. The summed E-state index contributed by atoms with van der Waals surface area (Å²) >= 11 is 11.7. The van der Waals surface area contributed by atoms with Crippen LogP contribution in [-0.4, -0.2) is 36.9 Å². The van der Waals surface area contributed by atoms with Crippen molar-refractivity contribution in [2.24, 2.45) is 11.8 Å². The van der Waals surface area contributed by atoms with Crippen molar-refractivity contribution in [2.75, 3.05) is 13.1 Å². The average Bonchev–Trinajstić information content (AvgIpc) is 2.75. The van der Waals surface area contributed by atoms with E-state index in [9.17, 15) is 13.2 Å².